The van der Waals surface area contributed by atoms with Crippen molar-refractivity contribution >= 4 is 11.8 Å². The third-order valence-electron chi connectivity index (χ3n) is 2.99. The molecule has 92 valence electrons. The molecule has 1 aliphatic rings. The summed E-state index contributed by atoms with van der Waals surface area (Å²) in [6.07, 6.45) is 3.21. The van der Waals surface area contributed by atoms with Gasteiger partial charge in [-0.1, -0.05) is 0 Å². The van der Waals surface area contributed by atoms with Crippen molar-refractivity contribution in [3.63, 3.8) is 0 Å². The molecule has 0 aromatic carbocycles. The average molecular weight is 236 g/mol. The Morgan fingerprint density at radius 2 is 2.35 bits per heavy atom. The lowest BCUT2D eigenvalue weighted by atomic mass is 10.1. The van der Waals surface area contributed by atoms with E-state index in [1.54, 1.807) is 11.2 Å². The molecule has 1 fully saturated rings. The molecule has 1 saturated heterocycles. The Labute approximate surface area is 99.8 Å². The lowest BCUT2D eigenvalue weighted by Gasteiger charge is -2.32. The van der Waals surface area contributed by atoms with E-state index in [2.05, 4.69) is 5.32 Å². The first-order chi connectivity index (χ1) is 8.16. The molecule has 1 unspecified atom stereocenters. The first kappa shape index (κ1) is 11.7. The number of furan rings is 1. The van der Waals surface area contributed by atoms with Crippen LogP contribution >= 0.6 is 0 Å². The standard InChI is InChI=1S/C12H16N2O3/c1-9(4-5-10-3-2-6-17-10)14-8-11(15)13-7-12(14)16/h2-3,6,9H,4-5,7-8H2,1H3,(H,13,15). The number of rotatable bonds is 4. The van der Waals surface area contributed by atoms with Crippen molar-refractivity contribution in [1.29, 1.82) is 0 Å². The zero-order valence-corrected chi connectivity index (χ0v) is 9.81. The summed E-state index contributed by atoms with van der Waals surface area (Å²) in [5.41, 5.74) is 0. The van der Waals surface area contributed by atoms with E-state index in [9.17, 15) is 9.59 Å². The molecule has 2 rings (SSSR count). The number of amides is 2. The topological polar surface area (TPSA) is 62.6 Å². The second-order valence-corrected chi connectivity index (χ2v) is 4.27. The molecule has 1 aromatic rings. The van der Waals surface area contributed by atoms with Gasteiger partial charge >= 0.3 is 0 Å². The molecule has 1 N–H and O–H groups in total. The Hall–Kier alpha value is -1.78. The maximum atomic E-state index is 11.6. The van der Waals surface area contributed by atoms with E-state index in [4.69, 9.17) is 4.42 Å². The van der Waals surface area contributed by atoms with Gasteiger partial charge in [0.1, 0.15) is 5.76 Å². The summed E-state index contributed by atoms with van der Waals surface area (Å²) in [7, 11) is 0. The van der Waals surface area contributed by atoms with Gasteiger partial charge in [-0.15, -0.1) is 0 Å². The first-order valence-corrected chi connectivity index (χ1v) is 5.75. The van der Waals surface area contributed by atoms with Crippen LogP contribution in [0.5, 0.6) is 0 Å². The summed E-state index contributed by atoms with van der Waals surface area (Å²) < 4.78 is 5.24. The molecule has 0 radical (unpaired) electrons. The fourth-order valence-corrected chi connectivity index (χ4v) is 1.94. The number of nitrogens with one attached hydrogen (secondary N) is 1. The SMILES string of the molecule is CC(CCc1ccco1)N1CC(=O)NCC1=O. The second-order valence-electron chi connectivity index (χ2n) is 4.27. The first-order valence-electron chi connectivity index (χ1n) is 5.75. The van der Waals surface area contributed by atoms with Crippen LogP contribution in [0.15, 0.2) is 22.8 Å². The quantitative estimate of drug-likeness (QED) is 0.830. The molecule has 1 aliphatic heterocycles. The predicted molar refractivity (Wildman–Crippen MR) is 61.2 cm³/mol. The molecule has 0 saturated carbocycles. The third-order valence-corrected chi connectivity index (χ3v) is 2.99. The fourth-order valence-electron chi connectivity index (χ4n) is 1.94. The number of carbonyl (C=O) groups excluding carboxylic acids is 2. The van der Waals surface area contributed by atoms with Gasteiger partial charge in [-0.25, -0.2) is 0 Å². The van der Waals surface area contributed by atoms with E-state index in [0.29, 0.717) is 0 Å². The normalized spacial score (nSPS) is 18.1. The highest BCUT2D eigenvalue weighted by atomic mass is 16.3. The molecule has 17 heavy (non-hydrogen) atoms. The smallest absolute Gasteiger partial charge is 0.242 e. The summed E-state index contributed by atoms with van der Waals surface area (Å²) in [6, 6.07) is 3.82. The summed E-state index contributed by atoms with van der Waals surface area (Å²) in [5.74, 6) is 0.803. The van der Waals surface area contributed by atoms with Crippen LogP contribution in [0.4, 0.5) is 0 Å². The van der Waals surface area contributed by atoms with Crippen molar-refractivity contribution in [3.05, 3.63) is 24.2 Å². The van der Waals surface area contributed by atoms with E-state index in [1.165, 1.54) is 0 Å². The van der Waals surface area contributed by atoms with Crippen LogP contribution in [0.1, 0.15) is 19.1 Å². The highest BCUT2D eigenvalue weighted by Crippen LogP contribution is 2.11. The van der Waals surface area contributed by atoms with Gasteiger partial charge in [0.15, 0.2) is 0 Å². The van der Waals surface area contributed by atoms with Crippen molar-refractivity contribution < 1.29 is 14.0 Å². The van der Waals surface area contributed by atoms with Crippen molar-refractivity contribution in [2.24, 2.45) is 0 Å². The Balaban J connectivity index is 1.88. The molecule has 0 aliphatic carbocycles. The van der Waals surface area contributed by atoms with Gasteiger partial charge in [-0.05, 0) is 25.5 Å². The summed E-state index contributed by atoms with van der Waals surface area (Å²) in [4.78, 5) is 24.5. The zero-order valence-electron chi connectivity index (χ0n) is 9.81. The molecule has 0 spiro atoms. The van der Waals surface area contributed by atoms with Crippen LogP contribution in [0.2, 0.25) is 0 Å². The van der Waals surface area contributed by atoms with Crippen LogP contribution in [0.3, 0.4) is 0 Å². The average Bonchev–Trinajstić information content (AvgIpc) is 2.82. The van der Waals surface area contributed by atoms with Gasteiger partial charge in [0.25, 0.3) is 0 Å². The van der Waals surface area contributed by atoms with Crippen molar-refractivity contribution in [1.82, 2.24) is 10.2 Å². The number of hydrogen-bond donors (Lipinski definition) is 1. The minimum atomic E-state index is -0.0885. The van der Waals surface area contributed by atoms with Crippen LogP contribution in [0, 0.1) is 0 Å². The van der Waals surface area contributed by atoms with E-state index >= 15 is 0 Å². The van der Waals surface area contributed by atoms with E-state index in [0.717, 1.165) is 18.6 Å². The van der Waals surface area contributed by atoms with Crippen LogP contribution in [0.25, 0.3) is 0 Å². The molecule has 5 heteroatoms. The number of piperazine rings is 1. The minimum absolute atomic E-state index is 0.0171. The summed E-state index contributed by atoms with van der Waals surface area (Å²) >= 11 is 0. The lowest BCUT2D eigenvalue weighted by molar-refractivity contribution is -0.142. The van der Waals surface area contributed by atoms with Crippen LogP contribution in [-0.4, -0.2) is 35.8 Å². The molecule has 2 heterocycles. The zero-order chi connectivity index (χ0) is 12.3. The highest BCUT2D eigenvalue weighted by molar-refractivity contribution is 5.92. The van der Waals surface area contributed by atoms with Gasteiger partial charge in [0.2, 0.25) is 11.8 Å². The second kappa shape index (κ2) is 5.03. The van der Waals surface area contributed by atoms with Crippen LogP contribution < -0.4 is 5.32 Å². The Morgan fingerprint density at radius 1 is 1.53 bits per heavy atom. The van der Waals surface area contributed by atoms with E-state index in [-0.39, 0.29) is 30.9 Å². The van der Waals surface area contributed by atoms with Gasteiger partial charge in [0, 0.05) is 12.5 Å². The van der Waals surface area contributed by atoms with E-state index < -0.39 is 0 Å². The number of hydrogen-bond acceptors (Lipinski definition) is 3. The molecular weight excluding hydrogens is 220 g/mol. The summed E-state index contributed by atoms with van der Waals surface area (Å²) in [5, 5.41) is 2.54. The van der Waals surface area contributed by atoms with Gasteiger partial charge < -0.3 is 14.6 Å². The molecule has 0 bridgehead atoms. The van der Waals surface area contributed by atoms with Crippen LogP contribution in [-0.2, 0) is 16.0 Å². The Kier molecular flexibility index (Phi) is 3.46. The largest absolute Gasteiger partial charge is 0.469 e. The summed E-state index contributed by atoms with van der Waals surface area (Å²) in [6.45, 7) is 2.24. The molecular formula is C12H16N2O3. The molecule has 5 nitrogen and oxygen atoms in total. The maximum absolute atomic E-state index is 11.6. The molecule has 1 atom stereocenters. The lowest BCUT2D eigenvalue weighted by Crippen LogP contribution is -2.54. The minimum Gasteiger partial charge on any atom is -0.469 e. The van der Waals surface area contributed by atoms with Crippen molar-refractivity contribution in [2.75, 3.05) is 13.1 Å². The number of nitrogens with zero attached hydrogens (tertiary/aromatic N) is 1. The number of aryl methyl sites for hydroxylation is 1. The molecule has 2 amide bonds. The van der Waals surface area contributed by atoms with Gasteiger partial charge in [-0.3, -0.25) is 9.59 Å². The predicted octanol–water partition coefficient (Wildman–Crippen LogP) is 0.559. The maximum Gasteiger partial charge on any atom is 0.242 e. The Bertz CT molecular complexity index is 400. The highest BCUT2D eigenvalue weighted by Gasteiger charge is 2.26. The van der Waals surface area contributed by atoms with Crippen molar-refractivity contribution in [3.8, 4) is 0 Å². The molecule has 1 aromatic heterocycles. The van der Waals surface area contributed by atoms with Gasteiger partial charge in [0.05, 0.1) is 19.4 Å². The Morgan fingerprint density at radius 3 is 3.06 bits per heavy atom. The van der Waals surface area contributed by atoms with Gasteiger partial charge in [-0.2, -0.15) is 0 Å². The fraction of sp³-hybridized carbons (Fsp3) is 0.500. The number of carbonyl (C=O) groups is 2. The third kappa shape index (κ3) is 2.87. The monoisotopic (exact) mass is 236 g/mol. The van der Waals surface area contributed by atoms with E-state index in [1.807, 2.05) is 19.1 Å². The van der Waals surface area contributed by atoms with Crippen molar-refractivity contribution in [2.45, 2.75) is 25.8 Å².